The van der Waals surface area contributed by atoms with Gasteiger partial charge < -0.3 is 5.11 Å². The van der Waals surface area contributed by atoms with E-state index < -0.39 is 42.4 Å². The van der Waals surface area contributed by atoms with Crippen LogP contribution in [-0.2, 0) is 4.79 Å². The van der Waals surface area contributed by atoms with Crippen LogP contribution in [0.25, 0.3) is 0 Å². The first kappa shape index (κ1) is 15.7. The number of alkyl halides is 7. The molecular formula is C8H7F7O2. The second-order valence-corrected chi connectivity index (χ2v) is 3.20. The van der Waals surface area contributed by atoms with E-state index in [9.17, 15) is 35.5 Å². The Morgan fingerprint density at radius 1 is 1.06 bits per heavy atom. The molecular weight excluding hydrogens is 261 g/mol. The van der Waals surface area contributed by atoms with Crippen molar-refractivity contribution < 1.29 is 40.6 Å². The summed E-state index contributed by atoms with van der Waals surface area (Å²) in [5, 5.41) is 8.13. The summed E-state index contributed by atoms with van der Waals surface area (Å²) in [5.41, 5.74) is -1.38. The zero-order chi connectivity index (χ0) is 14.1. The standard InChI is InChI=1S/C8H7F7O2/c1-4(5(16)17)2-6(10,11)8(14,15)7(12,13)3-9/h1-3H2,(H,16,17). The number of hydrogen-bond donors (Lipinski definition) is 1. The van der Waals surface area contributed by atoms with Gasteiger partial charge in [-0.2, -0.15) is 26.3 Å². The van der Waals surface area contributed by atoms with Crippen LogP contribution < -0.4 is 0 Å². The Kier molecular flexibility index (Phi) is 4.19. The predicted octanol–water partition coefficient (Wildman–Crippen LogP) is 2.89. The molecule has 0 aromatic heterocycles. The fourth-order valence-corrected chi connectivity index (χ4v) is 0.806. The molecule has 9 heteroatoms. The second kappa shape index (κ2) is 4.53. The van der Waals surface area contributed by atoms with E-state index >= 15 is 0 Å². The van der Waals surface area contributed by atoms with E-state index in [1.54, 1.807) is 0 Å². The van der Waals surface area contributed by atoms with E-state index in [1.165, 1.54) is 0 Å². The van der Waals surface area contributed by atoms with E-state index in [1.807, 2.05) is 0 Å². The van der Waals surface area contributed by atoms with Crippen molar-refractivity contribution >= 4 is 5.97 Å². The summed E-state index contributed by atoms with van der Waals surface area (Å²) in [7, 11) is 0. The molecule has 0 bridgehead atoms. The zero-order valence-electron chi connectivity index (χ0n) is 8.12. The maximum atomic E-state index is 12.8. The number of carbonyl (C=O) groups is 1. The molecule has 0 rings (SSSR count). The van der Waals surface area contributed by atoms with Crippen LogP contribution in [0.1, 0.15) is 6.42 Å². The average Bonchev–Trinajstić information content (AvgIpc) is 2.16. The summed E-state index contributed by atoms with van der Waals surface area (Å²) in [6.45, 7) is -0.482. The highest BCUT2D eigenvalue weighted by Crippen LogP contribution is 2.48. The first-order valence-electron chi connectivity index (χ1n) is 3.99. The molecule has 0 fully saturated rings. The van der Waals surface area contributed by atoms with E-state index in [0.29, 0.717) is 0 Å². The van der Waals surface area contributed by atoms with Crippen LogP contribution in [0.5, 0.6) is 0 Å². The van der Waals surface area contributed by atoms with Crippen LogP contribution in [0.2, 0.25) is 0 Å². The molecule has 100 valence electrons. The molecule has 0 unspecified atom stereocenters. The van der Waals surface area contributed by atoms with Crippen molar-refractivity contribution in [3.05, 3.63) is 12.2 Å². The first-order valence-corrected chi connectivity index (χ1v) is 3.99. The van der Waals surface area contributed by atoms with Gasteiger partial charge in [-0.05, 0) is 0 Å². The van der Waals surface area contributed by atoms with Gasteiger partial charge in [0.1, 0.15) is 0 Å². The number of carboxylic acids is 1. The van der Waals surface area contributed by atoms with Gasteiger partial charge in [0.25, 0.3) is 0 Å². The minimum atomic E-state index is -6.01. The quantitative estimate of drug-likeness (QED) is 0.594. The van der Waals surface area contributed by atoms with Gasteiger partial charge in [-0.25, -0.2) is 9.18 Å². The molecule has 0 atom stereocenters. The summed E-state index contributed by atoms with van der Waals surface area (Å²) in [6, 6.07) is 0. The van der Waals surface area contributed by atoms with Gasteiger partial charge in [0.2, 0.25) is 0 Å². The molecule has 17 heavy (non-hydrogen) atoms. The van der Waals surface area contributed by atoms with Gasteiger partial charge in [-0.3, -0.25) is 0 Å². The molecule has 0 saturated heterocycles. The predicted molar refractivity (Wildman–Crippen MR) is 42.2 cm³/mol. The molecule has 0 amide bonds. The Morgan fingerprint density at radius 2 is 1.47 bits per heavy atom. The number of aliphatic carboxylic acids is 1. The smallest absolute Gasteiger partial charge is 0.374 e. The summed E-state index contributed by atoms with van der Waals surface area (Å²) in [6.07, 6.45) is -2.20. The number of hydrogen-bond acceptors (Lipinski definition) is 1. The van der Waals surface area contributed by atoms with Crippen molar-refractivity contribution in [2.45, 2.75) is 24.2 Å². The van der Waals surface area contributed by atoms with E-state index in [2.05, 4.69) is 6.58 Å². The summed E-state index contributed by atoms with van der Waals surface area (Å²) in [5.74, 6) is -19.1. The van der Waals surface area contributed by atoms with Gasteiger partial charge in [0.15, 0.2) is 6.67 Å². The molecule has 0 radical (unpaired) electrons. The molecule has 0 heterocycles. The normalized spacial score (nSPS) is 13.6. The van der Waals surface area contributed by atoms with Crippen molar-refractivity contribution in [2.75, 3.05) is 6.67 Å². The van der Waals surface area contributed by atoms with Crippen LogP contribution in [0.4, 0.5) is 30.7 Å². The number of rotatable bonds is 6. The van der Waals surface area contributed by atoms with Gasteiger partial charge in [-0.1, -0.05) is 6.58 Å². The first-order chi connectivity index (χ1) is 7.39. The van der Waals surface area contributed by atoms with Crippen LogP contribution >= 0.6 is 0 Å². The van der Waals surface area contributed by atoms with Crippen LogP contribution in [-0.4, -0.2) is 35.5 Å². The van der Waals surface area contributed by atoms with Crippen LogP contribution in [0, 0.1) is 0 Å². The van der Waals surface area contributed by atoms with Gasteiger partial charge >= 0.3 is 23.7 Å². The fraction of sp³-hybridized carbons (Fsp3) is 0.625. The second-order valence-electron chi connectivity index (χ2n) is 3.20. The summed E-state index contributed by atoms with van der Waals surface area (Å²) < 4.78 is 87.0. The Balaban J connectivity index is 5.17. The fourth-order valence-electron chi connectivity index (χ4n) is 0.806. The minimum Gasteiger partial charge on any atom is -0.478 e. The maximum absolute atomic E-state index is 12.8. The monoisotopic (exact) mass is 268 g/mol. The third kappa shape index (κ3) is 2.89. The van der Waals surface area contributed by atoms with Crippen molar-refractivity contribution in [2.24, 2.45) is 0 Å². The van der Waals surface area contributed by atoms with Crippen molar-refractivity contribution in [1.82, 2.24) is 0 Å². The molecule has 0 aliphatic rings. The van der Waals surface area contributed by atoms with Gasteiger partial charge in [0, 0.05) is 12.0 Å². The van der Waals surface area contributed by atoms with Gasteiger partial charge in [-0.15, -0.1) is 0 Å². The molecule has 1 N–H and O–H groups in total. The van der Waals surface area contributed by atoms with Crippen molar-refractivity contribution in [1.29, 1.82) is 0 Å². The molecule has 0 aliphatic carbocycles. The highest BCUT2D eigenvalue weighted by Gasteiger charge is 2.71. The third-order valence-corrected chi connectivity index (χ3v) is 1.82. The van der Waals surface area contributed by atoms with E-state index in [-0.39, 0.29) is 0 Å². The van der Waals surface area contributed by atoms with Crippen LogP contribution in [0.3, 0.4) is 0 Å². The SMILES string of the molecule is C=C(CC(F)(F)C(F)(F)C(F)(F)CF)C(=O)O. The lowest BCUT2D eigenvalue weighted by Gasteiger charge is -2.31. The Morgan fingerprint density at radius 3 is 1.76 bits per heavy atom. The maximum Gasteiger partial charge on any atom is 0.374 e. The van der Waals surface area contributed by atoms with E-state index in [0.717, 1.165) is 0 Å². The molecule has 0 aliphatic heterocycles. The Bertz CT molecular complexity index is 324. The molecule has 0 saturated carbocycles. The Labute approximate surface area is 90.7 Å². The highest BCUT2D eigenvalue weighted by molar-refractivity contribution is 5.85. The summed E-state index contributed by atoms with van der Waals surface area (Å²) in [4.78, 5) is 10.1. The third-order valence-electron chi connectivity index (χ3n) is 1.82. The van der Waals surface area contributed by atoms with Crippen molar-refractivity contribution in [3.8, 4) is 0 Å². The summed E-state index contributed by atoms with van der Waals surface area (Å²) >= 11 is 0. The van der Waals surface area contributed by atoms with Gasteiger partial charge in [0.05, 0.1) is 0 Å². The Hall–Kier alpha value is -1.28. The zero-order valence-corrected chi connectivity index (χ0v) is 8.12. The topological polar surface area (TPSA) is 37.3 Å². The average molecular weight is 268 g/mol. The lowest BCUT2D eigenvalue weighted by atomic mass is 9.99. The number of halogens is 7. The minimum absolute atomic E-state index is 1.38. The molecule has 0 spiro atoms. The van der Waals surface area contributed by atoms with E-state index in [4.69, 9.17) is 5.11 Å². The highest BCUT2D eigenvalue weighted by atomic mass is 19.3. The molecule has 0 aromatic carbocycles. The van der Waals surface area contributed by atoms with Crippen LogP contribution in [0.15, 0.2) is 12.2 Å². The van der Waals surface area contributed by atoms with Crippen molar-refractivity contribution in [3.63, 3.8) is 0 Å². The largest absolute Gasteiger partial charge is 0.478 e. The molecule has 2 nitrogen and oxygen atoms in total. The number of carboxylic acid groups (broad SMARTS) is 1. The lowest BCUT2D eigenvalue weighted by molar-refractivity contribution is -0.311. The molecule has 0 aromatic rings. The lowest BCUT2D eigenvalue weighted by Crippen LogP contribution is -2.55.